The van der Waals surface area contributed by atoms with Gasteiger partial charge in [0, 0.05) is 59.8 Å². The number of carbonyl (C=O) groups excluding carboxylic acids is 1. The van der Waals surface area contributed by atoms with Crippen molar-refractivity contribution in [2.24, 2.45) is 4.99 Å². The molecule has 0 aliphatic carbocycles. The second kappa shape index (κ2) is 13.4. The van der Waals surface area contributed by atoms with Crippen molar-refractivity contribution in [2.45, 2.75) is 13.0 Å². The largest absolute Gasteiger partial charge is 0.494 e. The Morgan fingerprint density at radius 1 is 1.24 bits per heavy atom. The molecule has 0 unspecified atom stereocenters. The zero-order valence-corrected chi connectivity index (χ0v) is 21.8. The van der Waals surface area contributed by atoms with E-state index in [4.69, 9.17) is 9.15 Å². The van der Waals surface area contributed by atoms with Crippen molar-refractivity contribution in [1.29, 1.82) is 0 Å². The summed E-state index contributed by atoms with van der Waals surface area (Å²) in [5, 5.41) is 3.37. The number of hydrogen-bond acceptors (Lipinski definition) is 5. The van der Waals surface area contributed by atoms with E-state index >= 15 is 0 Å². The summed E-state index contributed by atoms with van der Waals surface area (Å²) in [6.45, 7) is 4.59. The topological polar surface area (TPSA) is 73.6 Å². The van der Waals surface area contributed by atoms with E-state index in [-0.39, 0.29) is 48.0 Å². The van der Waals surface area contributed by atoms with E-state index in [0.29, 0.717) is 13.1 Å². The maximum atomic E-state index is 14.0. The van der Waals surface area contributed by atoms with Gasteiger partial charge in [-0.25, -0.2) is 9.38 Å². The Bertz CT molecular complexity index is 900. The first-order valence-corrected chi connectivity index (χ1v) is 10.8. The van der Waals surface area contributed by atoms with Gasteiger partial charge in [0.05, 0.1) is 13.4 Å². The number of halogens is 2. The van der Waals surface area contributed by atoms with Gasteiger partial charge in [0.1, 0.15) is 12.3 Å². The second-order valence-electron chi connectivity index (χ2n) is 7.92. The maximum absolute atomic E-state index is 14.0. The van der Waals surface area contributed by atoms with Crippen molar-refractivity contribution in [3.8, 4) is 5.75 Å². The van der Waals surface area contributed by atoms with E-state index in [0.717, 1.165) is 49.9 Å². The molecule has 0 saturated carbocycles. The lowest BCUT2D eigenvalue weighted by Gasteiger charge is -2.36. The number of aliphatic imine (C=N–C) groups is 1. The highest BCUT2D eigenvalue weighted by Crippen LogP contribution is 2.19. The number of carbonyl (C=O) groups is 1. The molecule has 1 aromatic carbocycles. The van der Waals surface area contributed by atoms with Crippen LogP contribution in [0.3, 0.4) is 0 Å². The number of methoxy groups -OCH3 is 1. The molecule has 3 rings (SSSR count). The number of piperazine rings is 1. The number of nitrogens with zero attached hydrogens (tertiary/aromatic N) is 4. The van der Waals surface area contributed by atoms with E-state index in [1.807, 2.05) is 18.2 Å². The van der Waals surface area contributed by atoms with Gasteiger partial charge in [-0.3, -0.25) is 9.69 Å². The third-order valence-corrected chi connectivity index (χ3v) is 5.39. The van der Waals surface area contributed by atoms with Gasteiger partial charge in [0.15, 0.2) is 17.5 Å². The third kappa shape index (κ3) is 8.18. The van der Waals surface area contributed by atoms with Crippen molar-refractivity contribution >= 4 is 35.8 Å². The lowest BCUT2D eigenvalue weighted by molar-refractivity contribution is -0.127. The number of guanidine groups is 1. The molecule has 1 saturated heterocycles. The Kier molecular flexibility index (Phi) is 10.9. The Labute approximate surface area is 211 Å². The van der Waals surface area contributed by atoms with Gasteiger partial charge in [-0.15, -0.1) is 24.0 Å². The summed E-state index contributed by atoms with van der Waals surface area (Å²) in [6, 6.07) is 8.89. The predicted molar refractivity (Wildman–Crippen MR) is 137 cm³/mol. The van der Waals surface area contributed by atoms with Crippen LogP contribution in [0.2, 0.25) is 0 Å². The minimum Gasteiger partial charge on any atom is -0.494 e. The highest BCUT2D eigenvalue weighted by atomic mass is 127. The number of amides is 1. The quantitative estimate of drug-likeness (QED) is 0.297. The lowest BCUT2D eigenvalue weighted by Crippen LogP contribution is -2.52. The summed E-state index contributed by atoms with van der Waals surface area (Å²) in [4.78, 5) is 22.6. The lowest BCUT2D eigenvalue weighted by atomic mass is 10.2. The predicted octanol–water partition coefficient (Wildman–Crippen LogP) is 2.44. The summed E-state index contributed by atoms with van der Waals surface area (Å²) < 4.78 is 24.4. The van der Waals surface area contributed by atoms with Gasteiger partial charge < -0.3 is 24.3 Å². The molecular formula is C23H33FIN5O3. The molecule has 1 N–H and O–H groups in total. The first kappa shape index (κ1) is 26.9. The van der Waals surface area contributed by atoms with Gasteiger partial charge >= 0.3 is 0 Å². The minimum atomic E-state index is -0.343. The SMILES string of the molecule is COc1ccc(CN2CCN(C(=NCC(=O)N(C)C)NCCc3ccco3)CC2)cc1F.I. The number of rotatable bonds is 8. The van der Waals surface area contributed by atoms with Crippen LogP contribution in [0, 0.1) is 5.82 Å². The minimum absolute atomic E-state index is 0. The number of ether oxygens (including phenoxy) is 1. The fourth-order valence-electron chi connectivity index (χ4n) is 3.49. The molecule has 10 heteroatoms. The Balaban J connectivity index is 0.00000385. The van der Waals surface area contributed by atoms with Crippen LogP contribution in [-0.4, -0.2) is 87.0 Å². The molecule has 0 radical (unpaired) electrons. The van der Waals surface area contributed by atoms with E-state index in [1.54, 1.807) is 26.4 Å². The number of likely N-dealkylation sites (N-methyl/N-ethyl adjacent to an activating group) is 1. The first-order chi connectivity index (χ1) is 15.5. The van der Waals surface area contributed by atoms with Crippen LogP contribution >= 0.6 is 24.0 Å². The zero-order valence-electron chi connectivity index (χ0n) is 19.4. The zero-order chi connectivity index (χ0) is 22.9. The van der Waals surface area contributed by atoms with Gasteiger partial charge in [-0.05, 0) is 29.8 Å². The molecule has 0 atom stereocenters. The molecule has 1 aliphatic rings. The van der Waals surface area contributed by atoms with Crippen LogP contribution in [0.4, 0.5) is 4.39 Å². The average Bonchev–Trinajstić information content (AvgIpc) is 3.30. The molecular weight excluding hydrogens is 540 g/mol. The standard InChI is InChI=1S/C23H32FN5O3.HI/c1-27(2)22(30)16-26-23(25-9-8-19-5-4-14-32-19)29-12-10-28(11-13-29)17-18-6-7-21(31-3)20(24)15-18;/h4-7,14-15H,8-13,16-17H2,1-3H3,(H,25,26);1H. The third-order valence-electron chi connectivity index (χ3n) is 5.39. The van der Waals surface area contributed by atoms with Crippen LogP contribution < -0.4 is 10.1 Å². The Hall–Kier alpha value is -2.34. The summed E-state index contributed by atoms with van der Waals surface area (Å²) >= 11 is 0. The van der Waals surface area contributed by atoms with Gasteiger partial charge in [-0.2, -0.15) is 0 Å². The van der Waals surface area contributed by atoms with Crippen molar-refractivity contribution in [3.63, 3.8) is 0 Å². The first-order valence-electron chi connectivity index (χ1n) is 10.8. The molecule has 1 fully saturated rings. The maximum Gasteiger partial charge on any atom is 0.243 e. The molecule has 2 aromatic rings. The molecule has 1 aliphatic heterocycles. The monoisotopic (exact) mass is 573 g/mol. The highest BCUT2D eigenvalue weighted by molar-refractivity contribution is 14.0. The fourth-order valence-corrected chi connectivity index (χ4v) is 3.49. The number of hydrogen-bond donors (Lipinski definition) is 1. The number of furan rings is 1. The molecule has 0 spiro atoms. The van der Waals surface area contributed by atoms with Crippen LogP contribution in [0.5, 0.6) is 5.75 Å². The smallest absolute Gasteiger partial charge is 0.243 e. The van der Waals surface area contributed by atoms with Crippen molar-refractivity contribution < 1.29 is 18.3 Å². The van der Waals surface area contributed by atoms with Crippen LogP contribution in [0.1, 0.15) is 11.3 Å². The van der Waals surface area contributed by atoms with Crippen molar-refractivity contribution in [2.75, 3.05) is 60.5 Å². The summed E-state index contributed by atoms with van der Waals surface area (Å²) in [7, 11) is 4.91. The number of benzene rings is 1. The molecule has 182 valence electrons. The normalized spacial score (nSPS) is 14.5. The van der Waals surface area contributed by atoms with Gasteiger partial charge in [0.2, 0.25) is 5.91 Å². The molecule has 1 amide bonds. The summed E-state index contributed by atoms with van der Waals surface area (Å²) in [6.07, 6.45) is 2.39. The van der Waals surface area contributed by atoms with Gasteiger partial charge in [0.25, 0.3) is 0 Å². The number of nitrogens with one attached hydrogen (secondary N) is 1. The molecule has 0 bridgehead atoms. The molecule has 33 heavy (non-hydrogen) atoms. The van der Waals surface area contributed by atoms with E-state index in [9.17, 15) is 9.18 Å². The van der Waals surface area contributed by atoms with E-state index in [2.05, 4.69) is 20.1 Å². The Morgan fingerprint density at radius 2 is 2.00 bits per heavy atom. The summed E-state index contributed by atoms with van der Waals surface area (Å²) in [5.41, 5.74) is 0.916. The highest BCUT2D eigenvalue weighted by Gasteiger charge is 2.21. The Morgan fingerprint density at radius 3 is 2.61 bits per heavy atom. The van der Waals surface area contributed by atoms with Crippen molar-refractivity contribution in [3.05, 3.63) is 53.7 Å². The van der Waals surface area contributed by atoms with Crippen molar-refractivity contribution in [1.82, 2.24) is 20.0 Å². The molecule has 1 aromatic heterocycles. The fraction of sp³-hybridized carbons (Fsp3) is 0.478. The second-order valence-corrected chi connectivity index (χ2v) is 7.92. The van der Waals surface area contributed by atoms with Crippen LogP contribution in [-0.2, 0) is 17.8 Å². The molecule has 2 heterocycles. The van der Waals surface area contributed by atoms with Crippen LogP contribution in [0.15, 0.2) is 46.0 Å². The average molecular weight is 573 g/mol. The van der Waals surface area contributed by atoms with Gasteiger partial charge in [-0.1, -0.05) is 6.07 Å². The van der Waals surface area contributed by atoms with Crippen LogP contribution in [0.25, 0.3) is 0 Å². The van der Waals surface area contributed by atoms with E-state index in [1.165, 1.54) is 18.1 Å². The van der Waals surface area contributed by atoms with E-state index < -0.39 is 0 Å². The summed E-state index contributed by atoms with van der Waals surface area (Å²) in [5.74, 6) is 1.49. The molecule has 8 nitrogen and oxygen atoms in total.